The number of hydrogen-bond acceptors (Lipinski definition) is 3. The van der Waals surface area contributed by atoms with Crippen LogP contribution >= 0.6 is 15.9 Å². The van der Waals surface area contributed by atoms with Crippen LogP contribution in [0.15, 0.2) is 47.1 Å². The maximum absolute atomic E-state index is 12.8. The molecule has 2 N–H and O–H groups in total. The first-order chi connectivity index (χ1) is 10.2. The lowest BCUT2D eigenvalue weighted by Crippen LogP contribution is -2.43. The molecule has 3 rings (SSSR count). The summed E-state index contributed by atoms with van der Waals surface area (Å²) in [4.78, 5) is 18.8. The molecule has 0 aliphatic carbocycles. The molecule has 21 heavy (non-hydrogen) atoms. The normalized spacial score (nSPS) is 17.4. The number of carbonyl (C=O) groups is 1. The Morgan fingerprint density at radius 2 is 2.14 bits per heavy atom. The first-order valence-electron chi connectivity index (χ1n) is 6.91. The Bertz CT molecular complexity index is 674. The molecule has 0 saturated heterocycles. The van der Waals surface area contributed by atoms with Crippen molar-refractivity contribution in [2.45, 2.75) is 12.5 Å². The molecular formula is C16H16BrN3O. The van der Waals surface area contributed by atoms with Gasteiger partial charge in [-0.2, -0.15) is 0 Å². The van der Waals surface area contributed by atoms with Crippen molar-refractivity contribution < 1.29 is 4.79 Å². The van der Waals surface area contributed by atoms with Gasteiger partial charge < -0.3 is 10.6 Å². The lowest BCUT2D eigenvalue weighted by atomic mass is 9.92. The molecule has 1 unspecified atom stereocenters. The summed E-state index contributed by atoms with van der Waals surface area (Å²) in [6, 6.07) is 11.7. The third-order valence-corrected chi connectivity index (χ3v) is 4.50. The highest BCUT2D eigenvalue weighted by Crippen LogP contribution is 2.30. The van der Waals surface area contributed by atoms with Crippen LogP contribution in [0.4, 0.5) is 0 Å². The fraction of sp³-hybridized carbons (Fsp3) is 0.250. The minimum atomic E-state index is -0.0867. The number of nitrogens with zero attached hydrogens (tertiary/aromatic N) is 2. The van der Waals surface area contributed by atoms with E-state index in [1.807, 2.05) is 23.1 Å². The number of pyridine rings is 1. The van der Waals surface area contributed by atoms with Gasteiger partial charge in [0, 0.05) is 23.8 Å². The van der Waals surface area contributed by atoms with Crippen molar-refractivity contribution in [3.8, 4) is 0 Å². The van der Waals surface area contributed by atoms with Gasteiger partial charge in [-0.3, -0.25) is 4.79 Å². The number of amides is 1. The van der Waals surface area contributed by atoms with Gasteiger partial charge in [0.2, 0.25) is 0 Å². The third kappa shape index (κ3) is 2.59. The van der Waals surface area contributed by atoms with Crippen LogP contribution in [0.2, 0.25) is 0 Å². The average Bonchev–Trinajstić information content (AvgIpc) is 2.53. The standard InChI is InChI=1S/C16H16BrN3O/c17-13-6-3-8-19-15(13)16(21)20-9-7-11-4-1-2-5-12(11)14(20)10-18/h1-6,8,14H,7,9-10,18H2. The number of benzene rings is 1. The van der Waals surface area contributed by atoms with E-state index in [2.05, 4.69) is 33.0 Å². The number of hydrogen-bond donors (Lipinski definition) is 1. The van der Waals surface area contributed by atoms with Crippen LogP contribution in [-0.2, 0) is 6.42 Å². The predicted octanol–water partition coefficient (Wildman–Crippen LogP) is 2.54. The monoisotopic (exact) mass is 345 g/mol. The SMILES string of the molecule is NCC1c2ccccc2CCN1C(=O)c1ncccc1Br. The Morgan fingerprint density at radius 3 is 2.90 bits per heavy atom. The first kappa shape index (κ1) is 14.2. The van der Waals surface area contributed by atoms with E-state index in [0.29, 0.717) is 23.3 Å². The molecule has 0 fully saturated rings. The van der Waals surface area contributed by atoms with Crippen LogP contribution < -0.4 is 5.73 Å². The van der Waals surface area contributed by atoms with Gasteiger partial charge in [0.1, 0.15) is 5.69 Å². The number of rotatable bonds is 2. The number of halogens is 1. The molecule has 1 amide bonds. The first-order valence-corrected chi connectivity index (χ1v) is 7.71. The number of carbonyl (C=O) groups excluding carboxylic acids is 1. The van der Waals surface area contributed by atoms with Crippen LogP contribution in [0.25, 0.3) is 0 Å². The van der Waals surface area contributed by atoms with E-state index in [-0.39, 0.29) is 11.9 Å². The van der Waals surface area contributed by atoms with Crippen molar-refractivity contribution in [2.24, 2.45) is 5.73 Å². The Labute approximate surface area is 132 Å². The van der Waals surface area contributed by atoms with Gasteiger partial charge in [-0.15, -0.1) is 0 Å². The fourth-order valence-electron chi connectivity index (χ4n) is 2.83. The lowest BCUT2D eigenvalue weighted by Gasteiger charge is -2.36. The van der Waals surface area contributed by atoms with Gasteiger partial charge in [-0.1, -0.05) is 24.3 Å². The third-order valence-electron chi connectivity index (χ3n) is 3.86. The van der Waals surface area contributed by atoms with Crippen molar-refractivity contribution in [2.75, 3.05) is 13.1 Å². The summed E-state index contributed by atoms with van der Waals surface area (Å²) in [5.41, 5.74) is 8.80. The molecule has 108 valence electrons. The topological polar surface area (TPSA) is 59.2 Å². The van der Waals surface area contributed by atoms with Gasteiger partial charge >= 0.3 is 0 Å². The predicted molar refractivity (Wildman–Crippen MR) is 84.9 cm³/mol. The molecule has 0 radical (unpaired) electrons. The molecule has 1 aromatic carbocycles. The summed E-state index contributed by atoms with van der Waals surface area (Å²) in [7, 11) is 0. The van der Waals surface area contributed by atoms with Gasteiger partial charge in [-0.05, 0) is 45.6 Å². The highest BCUT2D eigenvalue weighted by Gasteiger charge is 2.31. The van der Waals surface area contributed by atoms with Gasteiger partial charge in [-0.25, -0.2) is 4.98 Å². The van der Waals surface area contributed by atoms with Crippen LogP contribution in [0.5, 0.6) is 0 Å². The Morgan fingerprint density at radius 1 is 1.33 bits per heavy atom. The number of fused-ring (bicyclic) bond motifs is 1. The average molecular weight is 346 g/mol. The second-order valence-corrected chi connectivity index (χ2v) is 5.89. The van der Waals surface area contributed by atoms with Crippen LogP contribution in [0.1, 0.15) is 27.7 Å². The zero-order chi connectivity index (χ0) is 14.8. The minimum absolute atomic E-state index is 0.0765. The highest BCUT2D eigenvalue weighted by atomic mass is 79.9. The summed E-state index contributed by atoms with van der Waals surface area (Å²) in [5.74, 6) is -0.0765. The van der Waals surface area contributed by atoms with E-state index in [9.17, 15) is 4.79 Å². The lowest BCUT2D eigenvalue weighted by molar-refractivity contribution is 0.0660. The maximum atomic E-state index is 12.8. The number of nitrogens with two attached hydrogens (primary N) is 1. The van der Waals surface area contributed by atoms with Crippen molar-refractivity contribution in [3.63, 3.8) is 0 Å². The second kappa shape index (κ2) is 5.95. The Hall–Kier alpha value is -1.72. The van der Waals surface area contributed by atoms with Crippen LogP contribution in [-0.4, -0.2) is 28.9 Å². The van der Waals surface area contributed by atoms with E-state index in [1.54, 1.807) is 12.3 Å². The quantitative estimate of drug-likeness (QED) is 0.909. The van der Waals surface area contributed by atoms with E-state index in [1.165, 1.54) is 5.56 Å². The molecule has 1 atom stereocenters. The molecule has 4 nitrogen and oxygen atoms in total. The van der Waals surface area contributed by atoms with Gasteiger partial charge in [0.05, 0.1) is 6.04 Å². The van der Waals surface area contributed by atoms with Gasteiger partial charge in [0.25, 0.3) is 5.91 Å². The van der Waals surface area contributed by atoms with Crippen molar-refractivity contribution in [1.82, 2.24) is 9.88 Å². The molecule has 1 aliphatic heterocycles. The van der Waals surface area contributed by atoms with Crippen molar-refractivity contribution in [3.05, 3.63) is 63.9 Å². The van der Waals surface area contributed by atoms with E-state index in [0.717, 1.165) is 12.0 Å². The molecule has 0 bridgehead atoms. The van der Waals surface area contributed by atoms with E-state index >= 15 is 0 Å². The molecule has 2 heterocycles. The van der Waals surface area contributed by atoms with Crippen molar-refractivity contribution in [1.29, 1.82) is 0 Å². The second-order valence-electron chi connectivity index (χ2n) is 5.03. The fourth-order valence-corrected chi connectivity index (χ4v) is 3.25. The smallest absolute Gasteiger partial charge is 0.274 e. The molecular weight excluding hydrogens is 330 g/mol. The Balaban J connectivity index is 1.96. The summed E-state index contributed by atoms with van der Waals surface area (Å²) >= 11 is 3.40. The molecule has 5 heteroatoms. The van der Waals surface area contributed by atoms with Gasteiger partial charge in [0.15, 0.2) is 0 Å². The molecule has 0 spiro atoms. The summed E-state index contributed by atoms with van der Waals surface area (Å²) in [6.45, 7) is 1.08. The summed E-state index contributed by atoms with van der Waals surface area (Å²) in [6.07, 6.45) is 2.48. The van der Waals surface area contributed by atoms with Crippen molar-refractivity contribution >= 4 is 21.8 Å². The Kier molecular flexibility index (Phi) is 4.03. The van der Waals surface area contributed by atoms with Crippen LogP contribution in [0.3, 0.4) is 0 Å². The zero-order valence-electron chi connectivity index (χ0n) is 11.5. The van der Waals surface area contributed by atoms with E-state index < -0.39 is 0 Å². The minimum Gasteiger partial charge on any atom is -0.329 e. The molecule has 1 aliphatic rings. The van der Waals surface area contributed by atoms with Crippen LogP contribution in [0, 0.1) is 0 Å². The zero-order valence-corrected chi connectivity index (χ0v) is 13.1. The number of aromatic nitrogens is 1. The highest BCUT2D eigenvalue weighted by molar-refractivity contribution is 9.10. The largest absolute Gasteiger partial charge is 0.329 e. The molecule has 0 saturated carbocycles. The maximum Gasteiger partial charge on any atom is 0.274 e. The van der Waals surface area contributed by atoms with E-state index in [4.69, 9.17) is 5.73 Å². The summed E-state index contributed by atoms with van der Waals surface area (Å²) < 4.78 is 0.713. The summed E-state index contributed by atoms with van der Waals surface area (Å²) in [5, 5.41) is 0. The molecule has 2 aromatic rings. The molecule has 1 aromatic heterocycles.